The van der Waals surface area contributed by atoms with Gasteiger partial charge in [0.2, 0.25) is 6.79 Å². The molecule has 1 unspecified atom stereocenters. The van der Waals surface area contributed by atoms with E-state index >= 15 is 0 Å². The van der Waals surface area contributed by atoms with Crippen LogP contribution in [0.5, 0.6) is 11.5 Å². The van der Waals surface area contributed by atoms with E-state index in [1.807, 2.05) is 42.5 Å². The highest BCUT2D eigenvalue weighted by atomic mass is 16.7. The molecule has 3 aromatic rings. The summed E-state index contributed by atoms with van der Waals surface area (Å²) in [5.74, 6) is -0.271. The molecule has 2 heterocycles. The Morgan fingerprint density at radius 2 is 1.63 bits per heavy atom. The van der Waals surface area contributed by atoms with Crippen molar-refractivity contribution in [2.45, 2.75) is 38.8 Å². The SMILES string of the molecule is CC(C)(C)c1ccc(C2/C(=C(\O)c3ccccc3)C(=O)C(=O)N2Cc2ccc3c(c2)OCO3)cc1. The fourth-order valence-corrected chi connectivity index (χ4v) is 4.54. The predicted octanol–water partition coefficient (Wildman–Crippen LogP) is 5.33. The first-order valence-corrected chi connectivity index (χ1v) is 11.6. The summed E-state index contributed by atoms with van der Waals surface area (Å²) in [5.41, 5.74) is 3.23. The smallest absolute Gasteiger partial charge is 0.295 e. The van der Waals surface area contributed by atoms with Crippen LogP contribution in [0.1, 0.15) is 49.1 Å². The van der Waals surface area contributed by atoms with E-state index in [2.05, 4.69) is 20.8 Å². The molecule has 5 rings (SSSR count). The largest absolute Gasteiger partial charge is 0.507 e. The van der Waals surface area contributed by atoms with Crippen molar-refractivity contribution in [3.05, 3.63) is 101 Å². The first-order chi connectivity index (χ1) is 16.7. The minimum Gasteiger partial charge on any atom is -0.507 e. The average Bonchev–Trinajstić information content (AvgIpc) is 3.42. The number of ketones is 1. The van der Waals surface area contributed by atoms with Crippen LogP contribution in [-0.2, 0) is 21.5 Å². The summed E-state index contributed by atoms with van der Waals surface area (Å²) in [6.45, 7) is 6.72. The Hall–Kier alpha value is -4.06. The van der Waals surface area contributed by atoms with E-state index in [0.29, 0.717) is 17.1 Å². The van der Waals surface area contributed by atoms with Gasteiger partial charge in [0, 0.05) is 12.1 Å². The number of aliphatic hydroxyl groups is 1. The number of fused-ring (bicyclic) bond motifs is 1. The lowest BCUT2D eigenvalue weighted by molar-refractivity contribution is -0.140. The highest BCUT2D eigenvalue weighted by molar-refractivity contribution is 6.46. The zero-order chi connectivity index (χ0) is 24.7. The summed E-state index contributed by atoms with van der Waals surface area (Å²) >= 11 is 0. The van der Waals surface area contributed by atoms with Gasteiger partial charge in [-0.05, 0) is 34.2 Å². The Kier molecular flexibility index (Phi) is 5.59. The number of amides is 1. The Morgan fingerprint density at radius 3 is 2.31 bits per heavy atom. The molecule has 0 aliphatic carbocycles. The molecule has 6 nitrogen and oxygen atoms in total. The maximum Gasteiger partial charge on any atom is 0.295 e. The topological polar surface area (TPSA) is 76.1 Å². The molecule has 2 aliphatic heterocycles. The average molecular weight is 470 g/mol. The standard InChI is InChI=1S/C29H27NO5/c1-29(2,3)21-12-10-19(11-13-21)25-24(26(31)20-7-5-4-6-8-20)27(32)28(33)30(25)16-18-9-14-22-23(15-18)35-17-34-22/h4-15,25,31H,16-17H2,1-3H3/b26-24+. The molecule has 6 heteroatoms. The van der Waals surface area contributed by atoms with E-state index in [1.54, 1.807) is 30.3 Å². The van der Waals surface area contributed by atoms with Gasteiger partial charge in [-0.1, -0.05) is 81.4 Å². The highest BCUT2D eigenvalue weighted by Gasteiger charge is 2.46. The number of ether oxygens (including phenoxy) is 2. The first-order valence-electron chi connectivity index (χ1n) is 11.6. The van der Waals surface area contributed by atoms with Gasteiger partial charge in [0.25, 0.3) is 11.7 Å². The number of nitrogens with zero attached hydrogens (tertiary/aromatic N) is 1. The van der Waals surface area contributed by atoms with E-state index < -0.39 is 17.7 Å². The summed E-state index contributed by atoms with van der Waals surface area (Å²) in [6, 6.07) is 21.5. The van der Waals surface area contributed by atoms with Crippen molar-refractivity contribution in [3.8, 4) is 11.5 Å². The number of Topliss-reactive ketones (excluding diaryl/α,β-unsaturated/α-hetero) is 1. The fraction of sp³-hybridized carbons (Fsp3) is 0.241. The number of carbonyl (C=O) groups is 2. The Morgan fingerprint density at radius 1 is 0.943 bits per heavy atom. The normalized spacial score (nSPS) is 18.8. The second-order valence-corrected chi connectivity index (χ2v) is 9.85. The molecule has 0 saturated carbocycles. The van der Waals surface area contributed by atoms with Gasteiger partial charge >= 0.3 is 0 Å². The minimum absolute atomic E-state index is 0.0448. The van der Waals surface area contributed by atoms with Crippen LogP contribution in [0.4, 0.5) is 0 Å². The fourth-order valence-electron chi connectivity index (χ4n) is 4.54. The lowest BCUT2D eigenvalue weighted by Gasteiger charge is -2.26. The number of hydrogen-bond acceptors (Lipinski definition) is 5. The molecule has 1 atom stereocenters. The van der Waals surface area contributed by atoms with Gasteiger partial charge in [0.05, 0.1) is 11.6 Å². The lowest BCUT2D eigenvalue weighted by Crippen LogP contribution is -2.29. The number of likely N-dealkylation sites (tertiary alicyclic amines) is 1. The van der Waals surface area contributed by atoms with Gasteiger partial charge in [-0.25, -0.2) is 0 Å². The van der Waals surface area contributed by atoms with Crippen LogP contribution in [0.15, 0.2) is 78.4 Å². The summed E-state index contributed by atoms with van der Waals surface area (Å²) in [6.07, 6.45) is 0. The third-order valence-electron chi connectivity index (χ3n) is 6.47. The van der Waals surface area contributed by atoms with Gasteiger partial charge < -0.3 is 19.5 Å². The van der Waals surface area contributed by atoms with E-state index in [4.69, 9.17) is 9.47 Å². The van der Waals surface area contributed by atoms with E-state index in [0.717, 1.165) is 16.7 Å². The third-order valence-corrected chi connectivity index (χ3v) is 6.47. The van der Waals surface area contributed by atoms with Crippen LogP contribution in [0.25, 0.3) is 5.76 Å². The lowest BCUT2D eigenvalue weighted by atomic mass is 9.85. The molecule has 0 bridgehead atoms. The molecule has 1 N–H and O–H groups in total. The van der Waals surface area contributed by atoms with Crippen LogP contribution in [0, 0.1) is 0 Å². The number of aliphatic hydroxyl groups excluding tert-OH is 1. The van der Waals surface area contributed by atoms with Crippen molar-refractivity contribution in [3.63, 3.8) is 0 Å². The van der Waals surface area contributed by atoms with Crippen molar-refractivity contribution < 1.29 is 24.2 Å². The summed E-state index contributed by atoms with van der Waals surface area (Å²) in [5, 5.41) is 11.2. The van der Waals surface area contributed by atoms with Gasteiger partial charge in [-0.15, -0.1) is 0 Å². The number of rotatable bonds is 4. The van der Waals surface area contributed by atoms with Gasteiger partial charge in [0.1, 0.15) is 5.76 Å². The molecule has 35 heavy (non-hydrogen) atoms. The summed E-state index contributed by atoms with van der Waals surface area (Å²) < 4.78 is 10.9. The van der Waals surface area contributed by atoms with Crippen LogP contribution in [0.3, 0.4) is 0 Å². The second-order valence-electron chi connectivity index (χ2n) is 9.85. The molecule has 1 fully saturated rings. The Bertz CT molecular complexity index is 1320. The molecular weight excluding hydrogens is 442 g/mol. The highest BCUT2D eigenvalue weighted by Crippen LogP contribution is 2.41. The van der Waals surface area contributed by atoms with Crippen LogP contribution in [-0.4, -0.2) is 28.5 Å². The van der Waals surface area contributed by atoms with Crippen LogP contribution in [0.2, 0.25) is 0 Å². The van der Waals surface area contributed by atoms with E-state index in [1.165, 1.54) is 4.90 Å². The summed E-state index contributed by atoms with van der Waals surface area (Å²) in [4.78, 5) is 28.1. The van der Waals surface area contributed by atoms with Crippen molar-refractivity contribution in [2.24, 2.45) is 0 Å². The Balaban J connectivity index is 1.60. The molecule has 0 spiro atoms. The number of benzene rings is 3. The number of carbonyl (C=O) groups excluding carboxylic acids is 2. The first kappa shape index (κ1) is 22.7. The molecular formula is C29H27NO5. The molecule has 0 aromatic heterocycles. The van der Waals surface area contributed by atoms with Crippen molar-refractivity contribution in [1.82, 2.24) is 4.90 Å². The van der Waals surface area contributed by atoms with E-state index in [9.17, 15) is 14.7 Å². The number of hydrogen-bond donors (Lipinski definition) is 1. The van der Waals surface area contributed by atoms with Crippen molar-refractivity contribution >= 4 is 17.4 Å². The molecule has 1 amide bonds. The van der Waals surface area contributed by atoms with E-state index in [-0.39, 0.29) is 30.1 Å². The minimum atomic E-state index is -0.727. The molecule has 3 aromatic carbocycles. The molecule has 2 aliphatic rings. The Labute approximate surface area is 204 Å². The predicted molar refractivity (Wildman–Crippen MR) is 132 cm³/mol. The monoisotopic (exact) mass is 469 g/mol. The van der Waals surface area contributed by atoms with Gasteiger partial charge in [-0.2, -0.15) is 0 Å². The van der Waals surface area contributed by atoms with Gasteiger partial charge in [0.15, 0.2) is 11.5 Å². The molecule has 178 valence electrons. The van der Waals surface area contributed by atoms with Crippen LogP contribution >= 0.6 is 0 Å². The van der Waals surface area contributed by atoms with Gasteiger partial charge in [-0.3, -0.25) is 9.59 Å². The van der Waals surface area contributed by atoms with Crippen molar-refractivity contribution in [2.75, 3.05) is 6.79 Å². The van der Waals surface area contributed by atoms with Crippen molar-refractivity contribution in [1.29, 1.82) is 0 Å². The molecule has 0 radical (unpaired) electrons. The quantitative estimate of drug-likeness (QED) is 0.317. The zero-order valence-electron chi connectivity index (χ0n) is 19.9. The third kappa shape index (κ3) is 4.16. The summed E-state index contributed by atoms with van der Waals surface area (Å²) in [7, 11) is 0. The maximum absolute atomic E-state index is 13.3. The second kappa shape index (κ2) is 8.62. The van der Waals surface area contributed by atoms with Crippen LogP contribution < -0.4 is 9.47 Å². The molecule has 1 saturated heterocycles. The maximum atomic E-state index is 13.3. The zero-order valence-corrected chi connectivity index (χ0v) is 19.9.